The van der Waals surface area contributed by atoms with E-state index in [4.69, 9.17) is 10.5 Å². The molecule has 4 heteroatoms. The van der Waals surface area contributed by atoms with Gasteiger partial charge >= 0.3 is 0 Å². The Balaban J connectivity index is 3.87. The molecule has 0 aromatic heterocycles. The third-order valence-corrected chi connectivity index (χ3v) is 2.21. The van der Waals surface area contributed by atoms with Crippen molar-refractivity contribution in [2.75, 3.05) is 20.3 Å². The fraction of sp³-hybridized carbons (Fsp3) is 0.889. The lowest BCUT2D eigenvalue weighted by atomic mass is 9.99. The fourth-order valence-electron chi connectivity index (χ4n) is 0.878. The molecule has 0 radical (unpaired) electrons. The Morgan fingerprint density at radius 2 is 2.23 bits per heavy atom. The molecule has 0 saturated heterocycles. The summed E-state index contributed by atoms with van der Waals surface area (Å²) >= 11 is 0. The van der Waals surface area contributed by atoms with Gasteiger partial charge in [-0.1, -0.05) is 6.92 Å². The fourth-order valence-corrected chi connectivity index (χ4v) is 0.878. The lowest BCUT2D eigenvalue weighted by molar-refractivity contribution is -0.123. The molecule has 0 spiro atoms. The van der Waals surface area contributed by atoms with Crippen LogP contribution in [0.3, 0.4) is 0 Å². The van der Waals surface area contributed by atoms with E-state index >= 15 is 0 Å². The number of hydrogen-bond donors (Lipinski definition) is 2. The van der Waals surface area contributed by atoms with Crippen molar-refractivity contribution in [3.63, 3.8) is 0 Å². The van der Waals surface area contributed by atoms with Gasteiger partial charge in [0, 0.05) is 25.6 Å². The van der Waals surface area contributed by atoms with E-state index in [0.29, 0.717) is 19.6 Å². The maximum Gasteiger partial charge on any atom is 0.222 e. The van der Waals surface area contributed by atoms with Gasteiger partial charge in [-0.3, -0.25) is 4.79 Å². The Kier molecular flexibility index (Phi) is 5.66. The van der Waals surface area contributed by atoms with Crippen LogP contribution < -0.4 is 11.1 Å². The van der Waals surface area contributed by atoms with Crippen LogP contribution in [-0.2, 0) is 9.53 Å². The standard InChI is InChI=1S/C9H20N2O2/c1-4-9(2,7-10)11-8(12)5-6-13-3/h4-7,10H2,1-3H3,(H,11,12). The first-order valence-corrected chi connectivity index (χ1v) is 4.58. The van der Waals surface area contributed by atoms with Gasteiger partial charge in [-0.25, -0.2) is 0 Å². The van der Waals surface area contributed by atoms with Gasteiger partial charge in [-0.15, -0.1) is 0 Å². The quantitative estimate of drug-likeness (QED) is 0.628. The Hall–Kier alpha value is -0.610. The van der Waals surface area contributed by atoms with Crippen LogP contribution in [0.15, 0.2) is 0 Å². The molecule has 1 unspecified atom stereocenters. The Bertz CT molecular complexity index is 156. The molecule has 0 rings (SSSR count). The second-order valence-electron chi connectivity index (χ2n) is 3.41. The third kappa shape index (κ3) is 4.85. The first kappa shape index (κ1) is 12.4. The second kappa shape index (κ2) is 5.94. The average Bonchev–Trinajstić information content (AvgIpc) is 2.14. The first-order chi connectivity index (χ1) is 6.08. The Morgan fingerprint density at radius 3 is 2.62 bits per heavy atom. The molecule has 0 fully saturated rings. The van der Waals surface area contributed by atoms with Crippen molar-refractivity contribution >= 4 is 5.91 Å². The average molecular weight is 188 g/mol. The van der Waals surface area contributed by atoms with Crippen LogP contribution in [-0.4, -0.2) is 31.7 Å². The highest BCUT2D eigenvalue weighted by molar-refractivity contribution is 5.76. The lowest BCUT2D eigenvalue weighted by Gasteiger charge is -2.27. The largest absolute Gasteiger partial charge is 0.384 e. The third-order valence-electron chi connectivity index (χ3n) is 2.21. The summed E-state index contributed by atoms with van der Waals surface area (Å²) in [6, 6.07) is 0. The van der Waals surface area contributed by atoms with Gasteiger partial charge < -0.3 is 15.8 Å². The van der Waals surface area contributed by atoms with Crippen molar-refractivity contribution in [2.24, 2.45) is 5.73 Å². The highest BCUT2D eigenvalue weighted by atomic mass is 16.5. The lowest BCUT2D eigenvalue weighted by Crippen LogP contribution is -2.51. The van der Waals surface area contributed by atoms with E-state index in [1.165, 1.54) is 0 Å². The Morgan fingerprint density at radius 1 is 1.62 bits per heavy atom. The summed E-state index contributed by atoms with van der Waals surface area (Å²) in [6.07, 6.45) is 1.23. The van der Waals surface area contributed by atoms with Gasteiger partial charge in [0.25, 0.3) is 0 Å². The van der Waals surface area contributed by atoms with Crippen molar-refractivity contribution in [1.29, 1.82) is 0 Å². The normalized spacial score (nSPS) is 15.1. The summed E-state index contributed by atoms with van der Waals surface area (Å²) in [4.78, 5) is 11.3. The van der Waals surface area contributed by atoms with Crippen LogP contribution in [0.5, 0.6) is 0 Å². The van der Waals surface area contributed by atoms with E-state index in [-0.39, 0.29) is 11.4 Å². The molecule has 13 heavy (non-hydrogen) atoms. The van der Waals surface area contributed by atoms with Crippen molar-refractivity contribution < 1.29 is 9.53 Å². The summed E-state index contributed by atoms with van der Waals surface area (Å²) in [6.45, 7) is 4.86. The van der Waals surface area contributed by atoms with Crippen LogP contribution in [0.1, 0.15) is 26.7 Å². The highest BCUT2D eigenvalue weighted by Crippen LogP contribution is 2.06. The molecule has 0 aromatic rings. The minimum atomic E-state index is -0.273. The summed E-state index contributed by atoms with van der Waals surface area (Å²) in [7, 11) is 1.58. The van der Waals surface area contributed by atoms with Crippen LogP contribution in [0, 0.1) is 0 Å². The van der Waals surface area contributed by atoms with Crippen molar-refractivity contribution in [3.05, 3.63) is 0 Å². The molecule has 0 aliphatic heterocycles. The Labute approximate surface area is 79.8 Å². The minimum Gasteiger partial charge on any atom is -0.384 e. The number of nitrogens with two attached hydrogens (primary N) is 1. The molecule has 0 aliphatic rings. The number of rotatable bonds is 6. The van der Waals surface area contributed by atoms with Gasteiger partial charge in [0.05, 0.1) is 6.61 Å². The van der Waals surface area contributed by atoms with Gasteiger partial charge in [0.15, 0.2) is 0 Å². The summed E-state index contributed by atoms with van der Waals surface area (Å²) in [5.74, 6) is -0.00310. The highest BCUT2D eigenvalue weighted by Gasteiger charge is 2.21. The molecule has 0 saturated carbocycles. The number of methoxy groups -OCH3 is 1. The predicted molar refractivity (Wildman–Crippen MR) is 52.4 cm³/mol. The number of hydrogen-bond acceptors (Lipinski definition) is 3. The second-order valence-corrected chi connectivity index (χ2v) is 3.41. The predicted octanol–water partition coefficient (Wildman–Crippen LogP) is 0.267. The van der Waals surface area contributed by atoms with E-state index in [1.54, 1.807) is 7.11 Å². The molecule has 0 aromatic carbocycles. The number of carbonyl (C=O) groups is 1. The molecule has 3 N–H and O–H groups in total. The van der Waals surface area contributed by atoms with Gasteiger partial charge in [-0.05, 0) is 13.3 Å². The first-order valence-electron chi connectivity index (χ1n) is 4.58. The van der Waals surface area contributed by atoms with E-state index in [2.05, 4.69) is 5.32 Å². The van der Waals surface area contributed by atoms with Gasteiger partial charge in [-0.2, -0.15) is 0 Å². The SMILES string of the molecule is CCC(C)(CN)NC(=O)CCOC. The van der Waals surface area contributed by atoms with Crippen LogP contribution in [0.25, 0.3) is 0 Å². The summed E-state index contributed by atoms with van der Waals surface area (Å²) in [5, 5.41) is 2.88. The molecule has 0 heterocycles. The van der Waals surface area contributed by atoms with Crippen LogP contribution in [0.2, 0.25) is 0 Å². The smallest absolute Gasteiger partial charge is 0.222 e. The zero-order chi connectivity index (χ0) is 10.3. The van der Waals surface area contributed by atoms with E-state index in [9.17, 15) is 4.79 Å². The summed E-state index contributed by atoms with van der Waals surface area (Å²) in [5.41, 5.74) is 5.28. The van der Waals surface area contributed by atoms with Crippen molar-refractivity contribution in [2.45, 2.75) is 32.2 Å². The van der Waals surface area contributed by atoms with Crippen LogP contribution >= 0.6 is 0 Å². The molecule has 78 valence electrons. The number of carbonyl (C=O) groups excluding carboxylic acids is 1. The molecular formula is C9H20N2O2. The molecule has 0 bridgehead atoms. The molecule has 0 aliphatic carbocycles. The molecule has 4 nitrogen and oxygen atoms in total. The van der Waals surface area contributed by atoms with E-state index in [0.717, 1.165) is 6.42 Å². The molecular weight excluding hydrogens is 168 g/mol. The van der Waals surface area contributed by atoms with Gasteiger partial charge in [0.1, 0.15) is 0 Å². The van der Waals surface area contributed by atoms with Crippen LogP contribution in [0.4, 0.5) is 0 Å². The molecule has 1 atom stereocenters. The topological polar surface area (TPSA) is 64.3 Å². The monoisotopic (exact) mass is 188 g/mol. The van der Waals surface area contributed by atoms with Gasteiger partial charge in [0.2, 0.25) is 5.91 Å². The number of amides is 1. The minimum absolute atomic E-state index is 0.00310. The summed E-state index contributed by atoms with van der Waals surface area (Å²) < 4.78 is 4.80. The van der Waals surface area contributed by atoms with E-state index in [1.807, 2.05) is 13.8 Å². The zero-order valence-corrected chi connectivity index (χ0v) is 8.72. The van der Waals surface area contributed by atoms with Crippen molar-refractivity contribution in [3.8, 4) is 0 Å². The maximum atomic E-state index is 11.3. The maximum absolute atomic E-state index is 11.3. The molecule has 1 amide bonds. The zero-order valence-electron chi connectivity index (χ0n) is 8.72. The number of nitrogens with one attached hydrogen (secondary N) is 1. The number of ether oxygens (including phenoxy) is 1. The van der Waals surface area contributed by atoms with Crippen molar-refractivity contribution in [1.82, 2.24) is 5.32 Å². The van der Waals surface area contributed by atoms with E-state index < -0.39 is 0 Å².